The number of aromatic nitrogens is 1. The highest BCUT2D eigenvalue weighted by Crippen LogP contribution is 2.32. The molecular formula is C15H22N4O2. The maximum Gasteiger partial charge on any atom is 0.253 e. The molecule has 1 aliphatic rings. The van der Waals surface area contributed by atoms with Gasteiger partial charge in [0.2, 0.25) is 0 Å². The van der Waals surface area contributed by atoms with Gasteiger partial charge in [-0.2, -0.15) is 0 Å². The molecular weight excluding hydrogens is 268 g/mol. The average Bonchev–Trinajstić information content (AvgIpc) is 2.49. The standard InChI is InChI=1S/C15H22N4O2/c1-10-5-7-15(8-6-10,14(16)19-21)18-13(20)12-4-3-9-17-11(12)2/h3-4,9-10,21H,5-8H2,1-2H3,(H2,16,19)(H,18,20). The Bertz CT molecular complexity index is 548. The molecule has 1 saturated carbocycles. The fraction of sp³-hybridized carbons (Fsp3) is 0.533. The molecule has 0 spiro atoms. The second-order valence-electron chi connectivity index (χ2n) is 5.84. The highest BCUT2D eigenvalue weighted by Gasteiger charge is 2.40. The number of amidine groups is 1. The first-order valence-electron chi connectivity index (χ1n) is 7.20. The monoisotopic (exact) mass is 290 g/mol. The van der Waals surface area contributed by atoms with Gasteiger partial charge in [0.15, 0.2) is 5.84 Å². The van der Waals surface area contributed by atoms with Gasteiger partial charge in [-0.3, -0.25) is 9.78 Å². The lowest BCUT2D eigenvalue weighted by molar-refractivity contribution is 0.0896. The Hall–Kier alpha value is -2.11. The molecule has 114 valence electrons. The van der Waals surface area contributed by atoms with Crippen LogP contribution in [-0.2, 0) is 0 Å². The van der Waals surface area contributed by atoms with E-state index in [2.05, 4.69) is 22.4 Å². The van der Waals surface area contributed by atoms with Gasteiger partial charge in [-0.1, -0.05) is 12.1 Å². The summed E-state index contributed by atoms with van der Waals surface area (Å²) in [7, 11) is 0. The number of carbonyl (C=O) groups excluding carboxylic acids is 1. The van der Waals surface area contributed by atoms with Gasteiger partial charge in [-0.25, -0.2) is 0 Å². The number of hydrogen-bond acceptors (Lipinski definition) is 4. The second kappa shape index (κ2) is 6.11. The SMILES string of the molecule is Cc1ncccc1C(=O)NC1(/C(N)=N/O)CCC(C)CC1. The third-order valence-electron chi connectivity index (χ3n) is 4.33. The number of nitrogens with one attached hydrogen (secondary N) is 1. The van der Waals surface area contributed by atoms with E-state index in [-0.39, 0.29) is 11.7 Å². The largest absolute Gasteiger partial charge is 0.409 e. The van der Waals surface area contributed by atoms with E-state index in [0.717, 1.165) is 12.8 Å². The van der Waals surface area contributed by atoms with Crippen molar-refractivity contribution in [2.45, 2.75) is 45.1 Å². The van der Waals surface area contributed by atoms with Crippen molar-refractivity contribution in [1.82, 2.24) is 10.3 Å². The quantitative estimate of drug-likeness (QED) is 0.342. The van der Waals surface area contributed by atoms with Crippen LogP contribution < -0.4 is 11.1 Å². The highest BCUT2D eigenvalue weighted by atomic mass is 16.4. The minimum atomic E-state index is -0.763. The molecule has 1 heterocycles. The molecule has 4 N–H and O–H groups in total. The Morgan fingerprint density at radius 3 is 2.76 bits per heavy atom. The Kier molecular flexibility index (Phi) is 4.45. The third-order valence-corrected chi connectivity index (χ3v) is 4.33. The van der Waals surface area contributed by atoms with Gasteiger partial charge in [-0.15, -0.1) is 0 Å². The predicted molar refractivity (Wildman–Crippen MR) is 80.2 cm³/mol. The molecule has 1 aliphatic carbocycles. The highest BCUT2D eigenvalue weighted by molar-refractivity contribution is 6.00. The Balaban J connectivity index is 2.24. The number of amides is 1. The molecule has 1 aromatic heterocycles. The minimum Gasteiger partial charge on any atom is -0.409 e. The number of aryl methyl sites for hydroxylation is 1. The minimum absolute atomic E-state index is 0.0734. The molecule has 0 unspecified atom stereocenters. The normalized spacial score (nSPS) is 26.4. The first kappa shape index (κ1) is 15.3. The van der Waals surface area contributed by atoms with Crippen LogP contribution >= 0.6 is 0 Å². The third kappa shape index (κ3) is 3.15. The first-order chi connectivity index (χ1) is 9.98. The fourth-order valence-electron chi connectivity index (χ4n) is 2.80. The van der Waals surface area contributed by atoms with Crippen LogP contribution in [0.4, 0.5) is 0 Å². The van der Waals surface area contributed by atoms with Crippen molar-refractivity contribution in [2.24, 2.45) is 16.8 Å². The van der Waals surface area contributed by atoms with Gasteiger partial charge in [0.05, 0.1) is 5.56 Å². The zero-order valence-corrected chi connectivity index (χ0v) is 12.5. The molecule has 0 radical (unpaired) electrons. The zero-order valence-electron chi connectivity index (χ0n) is 12.5. The number of nitrogens with two attached hydrogens (primary N) is 1. The van der Waals surface area contributed by atoms with E-state index in [9.17, 15) is 4.79 Å². The van der Waals surface area contributed by atoms with Crippen molar-refractivity contribution < 1.29 is 10.0 Å². The number of pyridine rings is 1. The van der Waals surface area contributed by atoms with Crippen LogP contribution in [0.1, 0.15) is 48.7 Å². The van der Waals surface area contributed by atoms with E-state index in [0.29, 0.717) is 30.0 Å². The average molecular weight is 290 g/mol. The number of carbonyl (C=O) groups is 1. The Labute approximate surface area is 124 Å². The Morgan fingerprint density at radius 2 is 2.19 bits per heavy atom. The smallest absolute Gasteiger partial charge is 0.253 e. The molecule has 0 saturated heterocycles. The van der Waals surface area contributed by atoms with E-state index in [1.54, 1.807) is 25.3 Å². The molecule has 2 rings (SSSR count). The van der Waals surface area contributed by atoms with E-state index in [1.165, 1.54) is 0 Å². The maximum atomic E-state index is 12.5. The molecule has 0 aromatic carbocycles. The number of oxime groups is 1. The fourth-order valence-corrected chi connectivity index (χ4v) is 2.80. The van der Waals surface area contributed by atoms with Crippen LogP contribution in [0.25, 0.3) is 0 Å². The predicted octanol–water partition coefficient (Wildman–Crippen LogP) is 1.82. The molecule has 1 fully saturated rings. The van der Waals surface area contributed by atoms with Crippen LogP contribution in [0, 0.1) is 12.8 Å². The summed E-state index contributed by atoms with van der Waals surface area (Å²) in [5.74, 6) is 0.424. The summed E-state index contributed by atoms with van der Waals surface area (Å²) in [6.45, 7) is 3.96. The van der Waals surface area contributed by atoms with Crippen molar-refractivity contribution >= 4 is 11.7 Å². The number of hydrogen-bond donors (Lipinski definition) is 3. The summed E-state index contributed by atoms with van der Waals surface area (Å²) in [4.78, 5) is 16.6. The van der Waals surface area contributed by atoms with Crippen LogP contribution in [0.2, 0.25) is 0 Å². The molecule has 0 bridgehead atoms. The summed E-state index contributed by atoms with van der Waals surface area (Å²) in [5.41, 5.74) is 6.27. The van der Waals surface area contributed by atoms with Gasteiger partial charge in [0.1, 0.15) is 5.54 Å². The summed E-state index contributed by atoms with van der Waals surface area (Å²) >= 11 is 0. The molecule has 6 heteroatoms. The van der Waals surface area contributed by atoms with Gasteiger partial charge >= 0.3 is 0 Å². The molecule has 0 aliphatic heterocycles. The van der Waals surface area contributed by atoms with Crippen molar-refractivity contribution in [3.63, 3.8) is 0 Å². The van der Waals surface area contributed by atoms with Gasteiger partial charge < -0.3 is 16.3 Å². The first-order valence-corrected chi connectivity index (χ1v) is 7.20. The van der Waals surface area contributed by atoms with Gasteiger partial charge in [0.25, 0.3) is 5.91 Å². The van der Waals surface area contributed by atoms with Gasteiger partial charge in [0, 0.05) is 11.9 Å². The summed E-state index contributed by atoms with van der Waals surface area (Å²) in [6, 6.07) is 3.45. The number of rotatable bonds is 3. The van der Waals surface area contributed by atoms with Crippen LogP contribution in [0.15, 0.2) is 23.5 Å². The maximum absolute atomic E-state index is 12.5. The summed E-state index contributed by atoms with van der Waals surface area (Å²) in [6.07, 6.45) is 4.86. The van der Waals surface area contributed by atoms with Gasteiger partial charge in [-0.05, 0) is 50.7 Å². The molecule has 1 amide bonds. The van der Waals surface area contributed by atoms with Crippen LogP contribution in [0.5, 0.6) is 0 Å². The van der Waals surface area contributed by atoms with Crippen molar-refractivity contribution in [2.75, 3.05) is 0 Å². The molecule has 21 heavy (non-hydrogen) atoms. The lowest BCUT2D eigenvalue weighted by atomic mass is 9.76. The zero-order chi connectivity index (χ0) is 15.5. The van der Waals surface area contributed by atoms with E-state index < -0.39 is 5.54 Å². The molecule has 6 nitrogen and oxygen atoms in total. The molecule has 1 aromatic rings. The number of nitrogens with zero attached hydrogens (tertiary/aromatic N) is 2. The molecule has 0 atom stereocenters. The van der Waals surface area contributed by atoms with Crippen molar-refractivity contribution in [3.05, 3.63) is 29.6 Å². The second-order valence-corrected chi connectivity index (χ2v) is 5.84. The topological polar surface area (TPSA) is 101 Å². The van der Waals surface area contributed by atoms with E-state index >= 15 is 0 Å². The summed E-state index contributed by atoms with van der Waals surface area (Å²) < 4.78 is 0. The van der Waals surface area contributed by atoms with Crippen molar-refractivity contribution in [1.29, 1.82) is 0 Å². The van der Waals surface area contributed by atoms with E-state index in [1.807, 2.05) is 0 Å². The summed E-state index contributed by atoms with van der Waals surface area (Å²) in [5, 5.41) is 15.2. The van der Waals surface area contributed by atoms with Crippen molar-refractivity contribution in [3.8, 4) is 0 Å². The van der Waals surface area contributed by atoms with E-state index in [4.69, 9.17) is 10.9 Å². The van der Waals surface area contributed by atoms with Crippen LogP contribution in [-0.4, -0.2) is 27.5 Å². The lowest BCUT2D eigenvalue weighted by Crippen LogP contribution is -2.59. The Morgan fingerprint density at radius 1 is 1.52 bits per heavy atom. The van der Waals surface area contributed by atoms with Crippen LogP contribution in [0.3, 0.4) is 0 Å². The lowest BCUT2D eigenvalue weighted by Gasteiger charge is -2.39.